The zero-order chi connectivity index (χ0) is 13.0. The molecule has 1 aromatic rings. The monoisotopic (exact) mass is 285 g/mol. The fourth-order valence-corrected chi connectivity index (χ4v) is 3.75. The van der Waals surface area contributed by atoms with Gasteiger partial charge in [-0.2, -0.15) is 0 Å². The van der Waals surface area contributed by atoms with Crippen LogP contribution in [0.25, 0.3) is 0 Å². The predicted molar refractivity (Wildman–Crippen MR) is 73.2 cm³/mol. The van der Waals surface area contributed by atoms with Crippen LogP contribution < -0.4 is 5.32 Å². The first-order valence-electron chi connectivity index (χ1n) is 6.04. The van der Waals surface area contributed by atoms with Crippen molar-refractivity contribution in [3.8, 4) is 0 Å². The van der Waals surface area contributed by atoms with Crippen molar-refractivity contribution < 1.29 is 8.42 Å². The number of hydrogen-bond donors (Lipinski definition) is 1. The summed E-state index contributed by atoms with van der Waals surface area (Å²) in [6.45, 7) is 0.837. The Labute approximate surface area is 113 Å². The first kappa shape index (κ1) is 13.4. The van der Waals surface area contributed by atoms with E-state index in [1.165, 1.54) is 11.5 Å². The molecule has 2 rings (SSSR count). The molecule has 1 saturated heterocycles. The second-order valence-electron chi connectivity index (χ2n) is 4.36. The van der Waals surface area contributed by atoms with E-state index in [9.17, 15) is 8.42 Å². The van der Waals surface area contributed by atoms with E-state index in [1.807, 2.05) is 0 Å². The van der Waals surface area contributed by atoms with E-state index in [0.717, 1.165) is 37.9 Å². The Balaban J connectivity index is 2.31. The Kier molecular flexibility index (Phi) is 4.30. The molecule has 0 aromatic heterocycles. The lowest BCUT2D eigenvalue weighted by Crippen LogP contribution is -2.14. The lowest BCUT2D eigenvalue weighted by Gasteiger charge is -2.07. The van der Waals surface area contributed by atoms with Crippen LogP contribution in [-0.4, -0.2) is 15.0 Å². The van der Waals surface area contributed by atoms with Crippen LogP contribution in [0.1, 0.15) is 25.7 Å². The number of halogens is 1. The van der Waals surface area contributed by atoms with E-state index in [2.05, 4.69) is 5.32 Å². The molecule has 1 aliphatic rings. The van der Waals surface area contributed by atoms with Crippen molar-refractivity contribution in [3.63, 3.8) is 0 Å². The average Bonchev–Trinajstić information content (AvgIpc) is 2.57. The molecule has 0 radical (unpaired) electrons. The second kappa shape index (κ2) is 5.76. The molecule has 0 aliphatic carbocycles. The lowest BCUT2D eigenvalue weighted by molar-refractivity contribution is 0.603. The van der Waals surface area contributed by atoms with Crippen molar-refractivity contribution in [1.29, 1.82) is 0 Å². The van der Waals surface area contributed by atoms with Crippen LogP contribution in [0.4, 0.5) is 0 Å². The summed E-state index contributed by atoms with van der Waals surface area (Å²) in [5, 5.41) is 4.75. The molecule has 0 spiro atoms. The van der Waals surface area contributed by atoms with E-state index >= 15 is 0 Å². The molecule has 1 heterocycles. The maximum Gasteiger partial charge on any atom is 0.202 e. The second-order valence-corrected chi connectivity index (χ2v) is 6.53. The lowest BCUT2D eigenvalue weighted by atomic mass is 10.2. The third kappa shape index (κ3) is 3.27. The van der Waals surface area contributed by atoms with E-state index in [0.29, 0.717) is 0 Å². The third-order valence-corrected chi connectivity index (χ3v) is 4.92. The van der Waals surface area contributed by atoms with Gasteiger partial charge in [0, 0.05) is 12.2 Å². The molecule has 0 amide bonds. The standard InChI is InChI=1S/C13H16ClNO2S/c14-12-7-3-4-8-13(12)18(16,17)10-11-6-2-1-5-9-15-11/h3-4,7-8,10,15H,1-2,5-6,9H2/b11-10-. The van der Waals surface area contributed by atoms with Crippen LogP contribution in [0.15, 0.2) is 40.3 Å². The number of benzene rings is 1. The number of allylic oxidation sites excluding steroid dienone is 1. The molecule has 18 heavy (non-hydrogen) atoms. The van der Waals surface area contributed by atoms with Gasteiger partial charge in [0.15, 0.2) is 0 Å². The number of sulfone groups is 1. The highest BCUT2D eigenvalue weighted by atomic mass is 35.5. The maximum absolute atomic E-state index is 12.2. The van der Waals surface area contributed by atoms with Gasteiger partial charge in [0.25, 0.3) is 0 Å². The van der Waals surface area contributed by atoms with Crippen LogP contribution >= 0.6 is 11.6 Å². The van der Waals surface area contributed by atoms with Crippen LogP contribution in [0.3, 0.4) is 0 Å². The molecule has 3 nitrogen and oxygen atoms in total. The predicted octanol–water partition coefficient (Wildman–Crippen LogP) is 3.12. The molecule has 1 fully saturated rings. The molecular weight excluding hydrogens is 270 g/mol. The van der Waals surface area contributed by atoms with Gasteiger partial charge < -0.3 is 5.32 Å². The first-order chi connectivity index (χ1) is 8.59. The van der Waals surface area contributed by atoms with Crippen molar-refractivity contribution in [1.82, 2.24) is 5.32 Å². The molecule has 98 valence electrons. The van der Waals surface area contributed by atoms with Crippen LogP contribution in [-0.2, 0) is 9.84 Å². The molecule has 0 bridgehead atoms. The Bertz CT molecular complexity index is 542. The van der Waals surface area contributed by atoms with Gasteiger partial charge in [-0.15, -0.1) is 0 Å². The number of rotatable bonds is 2. The van der Waals surface area contributed by atoms with Gasteiger partial charge >= 0.3 is 0 Å². The summed E-state index contributed by atoms with van der Waals surface area (Å²) in [6, 6.07) is 6.52. The van der Waals surface area contributed by atoms with Crippen LogP contribution in [0.2, 0.25) is 5.02 Å². The normalized spacial score (nSPS) is 19.3. The summed E-state index contributed by atoms with van der Waals surface area (Å²) in [7, 11) is -3.46. The Morgan fingerprint density at radius 2 is 1.94 bits per heavy atom. The summed E-state index contributed by atoms with van der Waals surface area (Å²) in [5.41, 5.74) is 0.785. The van der Waals surface area contributed by atoms with Crippen molar-refractivity contribution in [2.45, 2.75) is 30.6 Å². The minimum absolute atomic E-state index is 0.171. The quantitative estimate of drug-likeness (QED) is 0.908. The molecule has 1 aromatic carbocycles. The number of nitrogens with one attached hydrogen (secondary N) is 1. The van der Waals surface area contributed by atoms with Crippen LogP contribution in [0.5, 0.6) is 0 Å². The average molecular weight is 286 g/mol. The molecule has 0 unspecified atom stereocenters. The van der Waals surface area contributed by atoms with Gasteiger partial charge in [0.2, 0.25) is 9.84 Å². The molecule has 5 heteroatoms. The molecular formula is C13H16ClNO2S. The van der Waals surface area contributed by atoms with Crippen LogP contribution in [0, 0.1) is 0 Å². The van der Waals surface area contributed by atoms with Crippen molar-refractivity contribution in [2.24, 2.45) is 0 Å². The summed E-state index contributed by atoms with van der Waals surface area (Å²) in [6.07, 6.45) is 4.03. The van der Waals surface area contributed by atoms with Crippen molar-refractivity contribution in [2.75, 3.05) is 6.54 Å². The summed E-state index contributed by atoms with van der Waals surface area (Å²) >= 11 is 5.93. The number of hydrogen-bond acceptors (Lipinski definition) is 3. The largest absolute Gasteiger partial charge is 0.388 e. The SMILES string of the molecule is O=S(=O)(/C=C1/CCCCCN1)c1ccccc1Cl. The summed E-state index contributed by atoms with van der Waals surface area (Å²) in [5.74, 6) is 0. The Morgan fingerprint density at radius 3 is 2.72 bits per heavy atom. The van der Waals surface area contributed by atoms with Gasteiger partial charge in [-0.3, -0.25) is 0 Å². The van der Waals surface area contributed by atoms with Gasteiger partial charge in [0.05, 0.1) is 15.3 Å². The zero-order valence-electron chi connectivity index (χ0n) is 10.0. The first-order valence-corrected chi connectivity index (χ1v) is 7.96. The molecule has 1 N–H and O–H groups in total. The highest BCUT2D eigenvalue weighted by molar-refractivity contribution is 7.94. The fraction of sp³-hybridized carbons (Fsp3) is 0.385. The van der Waals surface area contributed by atoms with E-state index in [4.69, 9.17) is 11.6 Å². The van der Waals surface area contributed by atoms with Gasteiger partial charge in [-0.25, -0.2) is 8.42 Å². The van der Waals surface area contributed by atoms with Crippen molar-refractivity contribution >= 4 is 21.4 Å². The highest BCUT2D eigenvalue weighted by Gasteiger charge is 2.16. The Morgan fingerprint density at radius 1 is 1.17 bits per heavy atom. The molecule has 0 saturated carbocycles. The summed E-state index contributed by atoms with van der Waals surface area (Å²) < 4.78 is 24.5. The highest BCUT2D eigenvalue weighted by Crippen LogP contribution is 2.24. The van der Waals surface area contributed by atoms with E-state index < -0.39 is 9.84 Å². The summed E-state index contributed by atoms with van der Waals surface area (Å²) in [4.78, 5) is 0.171. The van der Waals surface area contributed by atoms with Gasteiger partial charge in [0.1, 0.15) is 0 Å². The van der Waals surface area contributed by atoms with Gasteiger partial charge in [-0.05, 0) is 31.4 Å². The van der Waals surface area contributed by atoms with E-state index in [1.54, 1.807) is 18.2 Å². The van der Waals surface area contributed by atoms with E-state index in [-0.39, 0.29) is 9.92 Å². The molecule has 1 aliphatic heterocycles. The minimum Gasteiger partial charge on any atom is -0.388 e. The Hall–Kier alpha value is -1.00. The zero-order valence-corrected chi connectivity index (χ0v) is 11.6. The third-order valence-electron chi connectivity index (χ3n) is 2.92. The fourth-order valence-electron chi connectivity index (χ4n) is 1.98. The van der Waals surface area contributed by atoms with Gasteiger partial charge in [-0.1, -0.05) is 30.2 Å². The minimum atomic E-state index is -3.46. The topological polar surface area (TPSA) is 46.2 Å². The smallest absolute Gasteiger partial charge is 0.202 e. The maximum atomic E-state index is 12.2. The van der Waals surface area contributed by atoms with Crippen molar-refractivity contribution in [3.05, 3.63) is 40.4 Å². The molecule has 0 atom stereocenters.